The number of H-pyrrole nitrogens is 1. The Hall–Kier alpha value is -2.90. The summed E-state index contributed by atoms with van der Waals surface area (Å²) >= 11 is 5.72. The second-order valence-corrected chi connectivity index (χ2v) is 7.68. The molecule has 0 aliphatic heterocycles. The molecule has 0 bridgehead atoms. The van der Waals surface area contributed by atoms with E-state index in [4.69, 9.17) is 11.6 Å². The van der Waals surface area contributed by atoms with Gasteiger partial charge in [0, 0.05) is 5.56 Å². The van der Waals surface area contributed by atoms with Crippen LogP contribution >= 0.6 is 11.6 Å². The predicted octanol–water partition coefficient (Wildman–Crippen LogP) is 4.08. The summed E-state index contributed by atoms with van der Waals surface area (Å²) in [6, 6.07) is 17.4. The number of nitrogens with zero attached hydrogens (tertiary/aromatic N) is 2. The Morgan fingerprint density at radius 2 is 1.81 bits per heavy atom. The van der Waals surface area contributed by atoms with Crippen LogP contribution in [0.15, 0.2) is 71.8 Å². The SMILES string of the molecule is O=S(=O)(Nc1ccc(Cl)nc1)c1ccc2nc(-c3ccccc3)[nH]c2c1. The van der Waals surface area contributed by atoms with Gasteiger partial charge in [0.05, 0.1) is 27.8 Å². The van der Waals surface area contributed by atoms with E-state index >= 15 is 0 Å². The van der Waals surface area contributed by atoms with Crippen LogP contribution in [0.3, 0.4) is 0 Å². The standard InChI is InChI=1S/C18H13ClN4O2S/c19-17-9-6-13(11-20-17)23-26(24,25)14-7-8-15-16(10-14)22-18(21-15)12-4-2-1-3-5-12/h1-11,23H,(H,21,22). The van der Waals surface area contributed by atoms with Gasteiger partial charge in [0.1, 0.15) is 11.0 Å². The molecule has 0 aliphatic rings. The highest BCUT2D eigenvalue weighted by molar-refractivity contribution is 7.92. The minimum atomic E-state index is -3.75. The number of aromatic nitrogens is 3. The monoisotopic (exact) mass is 384 g/mol. The fourth-order valence-electron chi connectivity index (χ4n) is 2.54. The van der Waals surface area contributed by atoms with E-state index in [1.54, 1.807) is 18.2 Å². The molecule has 130 valence electrons. The van der Waals surface area contributed by atoms with Crippen LogP contribution in [0.25, 0.3) is 22.4 Å². The fraction of sp³-hybridized carbons (Fsp3) is 0. The maximum Gasteiger partial charge on any atom is 0.262 e. The molecule has 0 spiro atoms. The van der Waals surface area contributed by atoms with Crippen LogP contribution < -0.4 is 4.72 Å². The van der Waals surface area contributed by atoms with Gasteiger partial charge in [-0.2, -0.15) is 0 Å². The summed E-state index contributed by atoms with van der Waals surface area (Å²) in [6.45, 7) is 0. The van der Waals surface area contributed by atoms with Gasteiger partial charge in [-0.15, -0.1) is 0 Å². The number of imidazole rings is 1. The van der Waals surface area contributed by atoms with Crippen molar-refractivity contribution in [2.45, 2.75) is 4.90 Å². The number of sulfonamides is 1. The smallest absolute Gasteiger partial charge is 0.262 e. The van der Waals surface area contributed by atoms with Crippen molar-refractivity contribution in [2.75, 3.05) is 4.72 Å². The lowest BCUT2D eigenvalue weighted by Crippen LogP contribution is -2.13. The number of hydrogen-bond acceptors (Lipinski definition) is 4. The molecule has 0 unspecified atom stereocenters. The molecule has 4 aromatic rings. The molecule has 2 aromatic carbocycles. The summed E-state index contributed by atoms with van der Waals surface area (Å²) in [5, 5.41) is 0.292. The van der Waals surface area contributed by atoms with Crippen LogP contribution in [0.1, 0.15) is 0 Å². The molecule has 2 N–H and O–H groups in total. The Morgan fingerprint density at radius 3 is 2.54 bits per heavy atom. The molecular formula is C18H13ClN4O2S. The van der Waals surface area contributed by atoms with Crippen LogP contribution in [0.2, 0.25) is 5.15 Å². The number of benzene rings is 2. The van der Waals surface area contributed by atoms with Crippen molar-refractivity contribution in [2.24, 2.45) is 0 Å². The van der Waals surface area contributed by atoms with Crippen molar-refractivity contribution >= 4 is 38.3 Å². The molecular weight excluding hydrogens is 372 g/mol. The first kappa shape index (κ1) is 16.6. The lowest BCUT2D eigenvalue weighted by Gasteiger charge is -2.07. The summed E-state index contributed by atoms with van der Waals surface area (Å²) in [4.78, 5) is 11.7. The molecule has 6 nitrogen and oxygen atoms in total. The van der Waals surface area contributed by atoms with E-state index in [0.717, 1.165) is 5.56 Å². The first-order valence-corrected chi connectivity index (χ1v) is 9.57. The summed E-state index contributed by atoms with van der Waals surface area (Å²) in [7, 11) is -3.75. The van der Waals surface area contributed by atoms with E-state index in [9.17, 15) is 8.42 Å². The second kappa shape index (κ2) is 6.44. The van der Waals surface area contributed by atoms with E-state index < -0.39 is 10.0 Å². The summed E-state index contributed by atoms with van der Waals surface area (Å²) in [5.74, 6) is 0.685. The minimum absolute atomic E-state index is 0.128. The first-order chi connectivity index (χ1) is 12.5. The summed E-state index contributed by atoms with van der Waals surface area (Å²) in [5.41, 5.74) is 2.60. The van der Waals surface area contributed by atoms with Crippen LogP contribution in [-0.2, 0) is 10.0 Å². The van der Waals surface area contributed by atoms with Gasteiger partial charge in [-0.1, -0.05) is 41.9 Å². The Kier molecular flexibility index (Phi) is 4.10. The van der Waals surface area contributed by atoms with Crippen LogP contribution in [0.4, 0.5) is 5.69 Å². The molecule has 4 rings (SSSR count). The zero-order chi connectivity index (χ0) is 18.1. The number of rotatable bonds is 4. The zero-order valence-corrected chi connectivity index (χ0v) is 14.9. The van der Waals surface area contributed by atoms with Gasteiger partial charge < -0.3 is 4.98 Å². The number of fused-ring (bicyclic) bond motifs is 1. The fourth-order valence-corrected chi connectivity index (χ4v) is 3.72. The number of anilines is 1. The number of aromatic amines is 1. The van der Waals surface area contributed by atoms with Gasteiger partial charge >= 0.3 is 0 Å². The average molecular weight is 385 g/mol. The van der Waals surface area contributed by atoms with Crippen molar-refractivity contribution in [3.63, 3.8) is 0 Å². The minimum Gasteiger partial charge on any atom is -0.338 e. The van der Waals surface area contributed by atoms with Gasteiger partial charge in [0.25, 0.3) is 10.0 Å². The molecule has 0 aliphatic carbocycles. The highest BCUT2D eigenvalue weighted by Crippen LogP contribution is 2.24. The van der Waals surface area contributed by atoms with Gasteiger partial charge in [0.15, 0.2) is 0 Å². The third-order valence-electron chi connectivity index (χ3n) is 3.79. The Labute approximate surface area is 154 Å². The molecule has 0 radical (unpaired) electrons. The third-order valence-corrected chi connectivity index (χ3v) is 5.39. The quantitative estimate of drug-likeness (QED) is 0.519. The highest BCUT2D eigenvalue weighted by atomic mass is 35.5. The molecule has 0 fully saturated rings. The number of hydrogen-bond donors (Lipinski definition) is 2. The molecule has 0 saturated carbocycles. The maximum atomic E-state index is 12.6. The summed E-state index contributed by atoms with van der Waals surface area (Å²) in [6.07, 6.45) is 1.36. The van der Waals surface area contributed by atoms with Gasteiger partial charge in [-0.25, -0.2) is 18.4 Å². The van der Waals surface area contributed by atoms with Crippen molar-refractivity contribution in [3.05, 3.63) is 72.0 Å². The van der Waals surface area contributed by atoms with Crippen molar-refractivity contribution < 1.29 is 8.42 Å². The largest absolute Gasteiger partial charge is 0.338 e. The molecule has 26 heavy (non-hydrogen) atoms. The first-order valence-electron chi connectivity index (χ1n) is 7.71. The Morgan fingerprint density at radius 1 is 1.00 bits per heavy atom. The van der Waals surface area contributed by atoms with E-state index in [2.05, 4.69) is 19.7 Å². The number of nitrogens with one attached hydrogen (secondary N) is 2. The third kappa shape index (κ3) is 3.26. The normalized spacial score (nSPS) is 11.6. The van der Waals surface area contributed by atoms with E-state index in [0.29, 0.717) is 27.7 Å². The number of pyridine rings is 1. The van der Waals surface area contributed by atoms with Gasteiger partial charge in [-0.05, 0) is 30.3 Å². The van der Waals surface area contributed by atoms with Crippen molar-refractivity contribution in [1.29, 1.82) is 0 Å². The Balaban J connectivity index is 1.69. The van der Waals surface area contributed by atoms with Crippen LogP contribution in [0.5, 0.6) is 0 Å². The maximum absolute atomic E-state index is 12.6. The van der Waals surface area contributed by atoms with E-state index in [-0.39, 0.29) is 4.90 Å². The molecule has 0 saturated heterocycles. The van der Waals surface area contributed by atoms with Gasteiger partial charge in [0.2, 0.25) is 0 Å². The van der Waals surface area contributed by atoms with Gasteiger partial charge in [-0.3, -0.25) is 4.72 Å². The topological polar surface area (TPSA) is 87.7 Å². The predicted molar refractivity (Wildman–Crippen MR) is 102 cm³/mol. The van der Waals surface area contributed by atoms with Crippen molar-refractivity contribution in [1.82, 2.24) is 15.0 Å². The molecule has 2 aromatic heterocycles. The molecule has 8 heteroatoms. The van der Waals surface area contributed by atoms with E-state index in [1.807, 2.05) is 30.3 Å². The summed E-state index contributed by atoms with van der Waals surface area (Å²) < 4.78 is 27.7. The van der Waals surface area contributed by atoms with Crippen LogP contribution in [0, 0.1) is 0 Å². The molecule has 0 amide bonds. The van der Waals surface area contributed by atoms with Crippen LogP contribution in [-0.4, -0.2) is 23.4 Å². The highest BCUT2D eigenvalue weighted by Gasteiger charge is 2.16. The average Bonchev–Trinajstić information content (AvgIpc) is 3.07. The Bertz CT molecular complexity index is 1170. The molecule has 2 heterocycles. The lowest BCUT2D eigenvalue weighted by molar-refractivity contribution is 0.601. The van der Waals surface area contributed by atoms with Crippen molar-refractivity contribution in [3.8, 4) is 11.4 Å². The lowest BCUT2D eigenvalue weighted by atomic mass is 10.2. The second-order valence-electron chi connectivity index (χ2n) is 5.61. The van der Waals surface area contributed by atoms with E-state index in [1.165, 1.54) is 18.3 Å². The zero-order valence-electron chi connectivity index (χ0n) is 13.3. The molecule has 0 atom stereocenters. The number of halogens is 1.